The molecule has 1 N–H and O–H groups in total. The maximum Gasteiger partial charge on any atom is 0.309 e. The highest BCUT2D eigenvalue weighted by Gasteiger charge is 2.25. The largest absolute Gasteiger partial charge is 0.497 e. The quantitative estimate of drug-likeness (QED) is 0.205. The number of carbonyl (C=O) groups is 2. The Morgan fingerprint density at radius 1 is 0.738 bits per heavy atom. The van der Waals surface area contributed by atoms with Gasteiger partial charge >= 0.3 is 5.97 Å². The molecule has 42 heavy (non-hydrogen) atoms. The number of ether oxygens (including phenoxy) is 3. The van der Waals surface area contributed by atoms with Crippen molar-refractivity contribution in [3.05, 3.63) is 108 Å². The molecule has 0 aliphatic carbocycles. The van der Waals surface area contributed by atoms with Crippen LogP contribution >= 0.6 is 0 Å². The van der Waals surface area contributed by atoms with Gasteiger partial charge in [-0.15, -0.1) is 0 Å². The van der Waals surface area contributed by atoms with Gasteiger partial charge in [-0.2, -0.15) is 9.78 Å². The lowest BCUT2D eigenvalue weighted by Gasteiger charge is -2.11. The lowest BCUT2D eigenvalue weighted by atomic mass is 10.0. The summed E-state index contributed by atoms with van der Waals surface area (Å²) in [7, 11) is 3.16. The Morgan fingerprint density at radius 3 is 1.86 bits per heavy atom. The molecule has 4 aromatic carbocycles. The predicted octanol–water partition coefficient (Wildman–Crippen LogP) is 7.02. The van der Waals surface area contributed by atoms with Crippen LogP contribution in [0.25, 0.3) is 28.1 Å². The first-order valence-electron chi connectivity index (χ1n) is 13.4. The smallest absolute Gasteiger partial charge is 0.309 e. The minimum Gasteiger partial charge on any atom is -0.497 e. The Balaban J connectivity index is 1.64. The average Bonchev–Trinajstić information content (AvgIpc) is 3.36. The SMILES string of the molecule is COc1cc(OC)cc(-c2nn(-c3ccc(C)cc3)c(OC(C)=O)c2-c2ccc(NC(=O)c3ccc(C)cc3)cc2)c1. The van der Waals surface area contributed by atoms with Gasteiger partial charge in [0.15, 0.2) is 0 Å². The standard InChI is InChI=1S/C34H31N3O5/c1-21-6-10-25(11-7-21)33(39)35-27-14-12-24(13-15-27)31-32(26-18-29(40-4)20-30(19-26)41-5)36-37(34(31)42-23(3)38)28-16-8-22(2)9-17-28/h6-20H,1-5H3,(H,35,39). The second-order valence-electron chi connectivity index (χ2n) is 9.87. The summed E-state index contributed by atoms with van der Waals surface area (Å²) in [6.07, 6.45) is 0. The Hall–Kier alpha value is -5.37. The van der Waals surface area contributed by atoms with Gasteiger partial charge in [0.2, 0.25) is 5.88 Å². The first-order chi connectivity index (χ1) is 20.2. The number of carbonyl (C=O) groups excluding carboxylic acids is 2. The number of hydrogen-bond donors (Lipinski definition) is 1. The fraction of sp³-hybridized carbons (Fsp3) is 0.147. The summed E-state index contributed by atoms with van der Waals surface area (Å²) in [4.78, 5) is 25.2. The molecule has 0 unspecified atom stereocenters. The van der Waals surface area contributed by atoms with Crippen molar-refractivity contribution in [2.24, 2.45) is 0 Å². The highest BCUT2D eigenvalue weighted by Crippen LogP contribution is 2.43. The van der Waals surface area contributed by atoms with Gasteiger partial charge in [-0.05, 0) is 67.9 Å². The lowest BCUT2D eigenvalue weighted by molar-refractivity contribution is -0.132. The van der Waals surface area contributed by atoms with E-state index in [1.165, 1.54) is 6.92 Å². The Bertz CT molecular complexity index is 1720. The molecule has 8 heteroatoms. The van der Waals surface area contributed by atoms with E-state index < -0.39 is 5.97 Å². The summed E-state index contributed by atoms with van der Waals surface area (Å²) in [6.45, 7) is 5.33. The van der Waals surface area contributed by atoms with Crippen LogP contribution in [-0.4, -0.2) is 35.9 Å². The van der Waals surface area contributed by atoms with Crippen LogP contribution in [0.4, 0.5) is 5.69 Å². The molecule has 0 radical (unpaired) electrons. The van der Waals surface area contributed by atoms with Crippen molar-refractivity contribution in [1.29, 1.82) is 0 Å². The molecular formula is C34H31N3O5. The van der Waals surface area contributed by atoms with E-state index in [1.54, 1.807) is 49.2 Å². The number of nitrogens with one attached hydrogen (secondary N) is 1. The molecular weight excluding hydrogens is 530 g/mol. The van der Waals surface area contributed by atoms with Crippen LogP contribution in [0.15, 0.2) is 91.0 Å². The molecule has 0 fully saturated rings. The normalized spacial score (nSPS) is 10.7. The van der Waals surface area contributed by atoms with Crippen LogP contribution in [0.3, 0.4) is 0 Å². The van der Waals surface area contributed by atoms with Crippen LogP contribution in [0.1, 0.15) is 28.4 Å². The minimum atomic E-state index is -0.485. The van der Waals surface area contributed by atoms with Crippen molar-refractivity contribution in [3.8, 4) is 45.5 Å². The molecule has 0 aliphatic rings. The van der Waals surface area contributed by atoms with E-state index in [0.717, 1.165) is 22.4 Å². The zero-order valence-electron chi connectivity index (χ0n) is 24.1. The minimum absolute atomic E-state index is 0.209. The molecule has 1 amide bonds. The Kier molecular flexibility index (Phi) is 8.06. The first kappa shape index (κ1) is 28.2. The highest BCUT2D eigenvalue weighted by molar-refractivity contribution is 6.04. The molecule has 5 rings (SSSR count). The van der Waals surface area contributed by atoms with Crippen LogP contribution in [0, 0.1) is 13.8 Å². The zero-order valence-corrected chi connectivity index (χ0v) is 24.1. The van der Waals surface area contributed by atoms with Crippen molar-refractivity contribution in [2.45, 2.75) is 20.8 Å². The number of hydrogen-bond acceptors (Lipinski definition) is 6. The van der Waals surface area contributed by atoms with Crippen LogP contribution < -0.4 is 19.5 Å². The summed E-state index contributed by atoms with van der Waals surface area (Å²) in [5.74, 6) is 0.743. The number of nitrogens with zero attached hydrogens (tertiary/aromatic N) is 2. The van der Waals surface area contributed by atoms with E-state index in [9.17, 15) is 9.59 Å². The highest BCUT2D eigenvalue weighted by atomic mass is 16.5. The molecule has 0 atom stereocenters. The topological polar surface area (TPSA) is 91.7 Å². The van der Waals surface area contributed by atoms with Gasteiger partial charge in [-0.25, -0.2) is 0 Å². The van der Waals surface area contributed by atoms with E-state index in [1.807, 2.05) is 74.5 Å². The van der Waals surface area contributed by atoms with Crippen molar-refractivity contribution in [2.75, 3.05) is 19.5 Å². The number of amides is 1. The third-order valence-electron chi connectivity index (χ3n) is 6.73. The molecule has 1 aromatic heterocycles. The van der Waals surface area contributed by atoms with Gasteiger partial charge in [0, 0.05) is 29.8 Å². The van der Waals surface area contributed by atoms with Crippen molar-refractivity contribution < 1.29 is 23.8 Å². The summed E-state index contributed by atoms with van der Waals surface area (Å²) >= 11 is 0. The Morgan fingerprint density at radius 2 is 1.31 bits per heavy atom. The van der Waals surface area contributed by atoms with Gasteiger partial charge in [-0.1, -0.05) is 47.5 Å². The van der Waals surface area contributed by atoms with Crippen molar-refractivity contribution >= 4 is 17.6 Å². The number of aromatic nitrogens is 2. The first-order valence-corrected chi connectivity index (χ1v) is 13.4. The molecule has 0 saturated heterocycles. The molecule has 0 aliphatic heterocycles. The lowest BCUT2D eigenvalue weighted by Crippen LogP contribution is -2.11. The van der Waals surface area contributed by atoms with E-state index in [2.05, 4.69) is 5.32 Å². The number of esters is 1. The van der Waals surface area contributed by atoms with E-state index in [-0.39, 0.29) is 11.8 Å². The van der Waals surface area contributed by atoms with Crippen molar-refractivity contribution in [3.63, 3.8) is 0 Å². The zero-order chi connectivity index (χ0) is 29.8. The maximum atomic E-state index is 12.8. The predicted molar refractivity (Wildman–Crippen MR) is 163 cm³/mol. The van der Waals surface area contributed by atoms with Gasteiger partial charge in [-0.3, -0.25) is 9.59 Å². The maximum absolute atomic E-state index is 12.8. The van der Waals surface area contributed by atoms with Gasteiger partial charge in [0.1, 0.15) is 17.2 Å². The molecule has 212 valence electrons. The van der Waals surface area contributed by atoms with E-state index in [0.29, 0.717) is 39.6 Å². The summed E-state index contributed by atoms with van der Waals surface area (Å²) in [5.41, 5.74) is 6.66. The van der Waals surface area contributed by atoms with E-state index in [4.69, 9.17) is 19.3 Å². The molecule has 8 nitrogen and oxygen atoms in total. The summed E-state index contributed by atoms with van der Waals surface area (Å²) in [6, 6.07) is 27.9. The summed E-state index contributed by atoms with van der Waals surface area (Å²) in [5, 5.41) is 7.87. The Labute approximate surface area is 244 Å². The summed E-state index contributed by atoms with van der Waals surface area (Å²) < 4.78 is 18.5. The third kappa shape index (κ3) is 6.02. The number of methoxy groups -OCH3 is 2. The second kappa shape index (κ2) is 12.0. The van der Waals surface area contributed by atoms with Gasteiger partial charge in [0.05, 0.1) is 25.5 Å². The molecule has 0 saturated carbocycles. The van der Waals surface area contributed by atoms with Gasteiger partial charge in [0.25, 0.3) is 5.91 Å². The van der Waals surface area contributed by atoms with Crippen LogP contribution in [0.5, 0.6) is 17.4 Å². The molecule has 5 aromatic rings. The van der Waals surface area contributed by atoms with E-state index >= 15 is 0 Å². The van der Waals surface area contributed by atoms with Crippen molar-refractivity contribution in [1.82, 2.24) is 9.78 Å². The fourth-order valence-electron chi connectivity index (χ4n) is 4.53. The monoisotopic (exact) mass is 561 g/mol. The van der Waals surface area contributed by atoms with Crippen LogP contribution in [-0.2, 0) is 4.79 Å². The second-order valence-corrected chi connectivity index (χ2v) is 9.87. The number of aryl methyl sites for hydroxylation is 2. The molecule has 0 spiro atoms. The molecule has 1 heterocycles. The molecule has 0 bridgehead atoms. The van der Waals surface area contributed by atoms with Gasteiger partial charge < -0.3 is 19.5 Å². The van der Waals surface area contributed by atoms with Crippen LogP contribution in [0.2, 0.25) is 0 Å². The third-order valence-corrected chi connectivity index (χ3v) is 6.73. The average molecular weight is 562 g/mol. The number of benzene rings is 4. The number of anilines is 1. The fourth-order valence-corrected chi connectivity index (χ4v) is 4.53. The number of rotatable bonds is 8.